The maximum absolute atomic E-state index is 12.3. The fraction of sp³-hybridized carbons (Fsp3) is 0.0588. The SMILES string of the molecule is N#CC(C(=O)OCc1ccccc1)=C1Sc2nc(C#N)c(C#N)nc2S1. The van der Waals surface area contributed by atoms with Crippen LogP contribution in [0.25, 0.3) is 0 Å². The van der Waals surface area contributed by atoms with Crippen LogP contribution in [0.3, 0.4) is 0 Å². The zero-order chi connectivity index (χ0) is 18.5. The smallest absolute Gasteiger partial charge is 0.350 e. The van der Waals surface area contributed by atoms with Crippen molar-refractivity contribution in [3.63, 3.8) is 0 Å². The molecule has 0 amide bonds. The molecule has 0 spiro atoms. The van der Waals surface area contributed by atoms with E-state index < -0.39 is 5.97 Å². The topological polar surface area (TPSA) is 123 Å². The minimum absolute atomic E-state index is 0.0497. The molecule has 1 aromatic heterocycles. The van der Waals surface area contributed by atoms with Gasteiger partial charge in [0, 0.05) is 0 Å². The lowest BCUT2D eigenvalue weighted by molar-refractivity contribution is -0.139. The molecule has 1 aromatic carbocycles. The molecule has 0 atom stereocenters. The number of thioether (sulfide) groups is 2. The number of rotatable bonds is 3. The van der Waals surface area contributed by atoms with E-state index in [1.807, 2.05) is 36.4 Å². The lowest BCUT2D eigenvalue weighted by atomic mass is 10.2. The van der Waals surface area contributed by atoms with Crippen LogP contribution in [0.4, 0.5) is 0 Å². The summed E-state index contributed by atoms with van der Waals surface area (Å²) in [4.78, 5) is 20.4. The summed E-state index contributed by atoms with van der Waals surface area (Å²) in [6, 6.07) is 14.6. The van der Waals surface area contributed by atoms with E-state index in [2.05, 4.69) is 9.97 Å². The Morgan fingerprint density at radius 2 is 1.58 bits per heavy atom. The van der Waals surface area contributed by atoms with E-state index in [1.165, 1.54) is 0 Å². The Hall–Kier alpha value is -3.32. The Kier molecular flexibility index (Phi) is 5.19. The zero-order valence-corrected chi connectivity index (χ0v) is 14.6. The van der Waals surface area contributed by atoms with Gasteiger partial charge in [0.2, 0.25) is 0 Å². The van der Waals surface area contributed by atoms with Gasteiger partial charge in [0.25, 0.3) is 0 Å². The lowest BCUT2D eigenvalue weighted by Gasteiger charge is -2.05. The van der Waals surface area contributed by atoms with Crippen molar-refractivity contribution in [3.8, 4) is 18.2 Å². The molecule has 26 heavy (non-hydrogen) atoms. The summed E-state index contributed by atoms with van der Waals surface area (Å²) in [6.07, 6.45) is 0. The number of nitrogens with zero attached hydrogens (tertiary/aromatic N) is 5. The number of fused-ring (bicyclic) bond motifs is 1. The Bertz CT molecular complexity index is 1000. The van der Waals surface area contributed by atoms with Gasteiger partial charge in [-0.15, -0.1) is 0 Å². The minimum Gasteiger partial charge on any atom is -0.457 e. The third kappa shape index (κ3) is 3.52. The summed E-state index contributed by atoms with van der Waals surface area (Å²) in [5, 5.41) is 28.1. The van der Waals surface area contributed by atoms with Crippen molar-refractivity contribution in [3.05, 3.63) is 57.1 Å². The number of hydrogen-bond donors (Lipinski definition) is 0. The first-order chi connectivity index (χ1) is 12.7. The lowest BCUT2D eigenvalue weighted by Crippen LogP contribution is -2.07. The monoisotopic (exact) mass is 377 g/mol. The summed E-state index contributed by atoms with van der Waals surface area (Å²) in [6.45, 7) is 0.0497. The molecule has 2 aromatic rings. The first kappa shape index (κ1) is 17.5. The van der Waals surface area contributed by atoms with E-state index in [1.54, 1.807) is 12.1 Å². The van der Waals surface area contributed by atoms with Crippen LogP contribution in [-0.4, -0.2) is 15.9 Å². The van der Waals surface area contributed by atoms with Crippen LogP contribution < -0.4 is 0 Å². The molecular weight excluding hydrogens is 370 g/mol. The predicted molar refractivity (Wildman–Crippen MR) is 92.1 cm³/mol. The van der Waals surface area contributed by atoms with E-state index in [4.69, 9.17) is 15.3 Å². The second-order valence-corrected chi connectivity index (χ2v) is 7.05. The zero-order valence-electron chi connectivity index (χ0n) is 13.0. The van der Waals surface area contributed by atoms with Crippen LogP contribution in [0.2, 0.25) is 0 Å². The molecule has 0 N–H and O–H groups in total. The van der Waals surface area contributed by atoms with Crippen LogP contribution in [0.5, 0.6) is 0 Å². The van der Waals surface area contributed by atoms with Gasteiger partial charge in [0.05, 0.1) is 4.24 Å². The van der Waals surface area contributed by atoms with Crippen molar-refractivity contribution in [1.82, 2.24) is 9.97 Å². The van der Waals surface area contributed by atoms with Gasteiger partial charge in [-0.3, -0.25) is 0 Å². The van der Waals surface area contributed by atoms with E-state index in [9.17, 15) is 10.1 Å². The van der Waals surface area contributed by atoms with Gasteiger partial charge in [0.1, 0.15) is 34.9 Å². The summed E-state index contributed by atoms with van der Waals surface area (Å²) in [7, 11) is 0. The largest absolute Gasteiger partial charge is 0.457 e. The normalized spacial score (nSPS) is 11.7. The van der Waals surface area contributed by atoms with E-state index in [0.717, 1.165) is 29.1 Å². The van der Waals surface area contributed by atoms with Crippen molar-refractivity contribution in [1.29, 1.82) is 15.8 Å². The summed E-state index contributed by atoms with van der Waals surface area (Å²) in [5.74, 6) is -0.750. The third-order valence-corrected chi connectivity index (χ3v) is 5.52. The molecule has 9 heteroatoms. The van der Waals surface area contributed by atoms with Gasteiger partial charge < -0.3 is 4.74 Å². The van der Waals surface area contributed by atoms with Crippen LogP contribution >= 0.6 is 23.5 Å². The Morgan fingerprint density at radius 3 is 2.08 bits per heavy atom. The number of carbonyl (C=O) groups is 1. The molecule has 0 aliphatic carbocycles. The average Bonchev–Trinajstić information content (AvgIpc) is 3.08. The standard InChI is InChI=1S/C17H7N5O2S2/c18-6-11(16(23)24-9-10-4-2-1-3-5-10)17-25-14-15(26-17)22-13(8-20)12(7-19)21-14/h1-5H,9H2. The van der Waals surface area contributed by atoms with Crippen LogP contribution in [-0.2, 0) is 16.1 Å². The van der Waals surface area contributed by atoms with E-state index in [0.29, 0.717) is 14.3 Å². The highest BCUT2D eigenvalue weighted by Crippen LogP contribution is 2.50. The first-order valence-electron chi connectivity index (χ1n) is 7.09. The molecule has 0 fully saturated rings. The van der Waals surface area contributed by atoms with Gasteiger partial charge in [-0.05, 0) is 5.56 Å². The molecule has 0 unspecified atom stereocenters. The molecule has 7 nitrogen and oxygen atoms in total. The van der Waals surface area contributed by atoms with Gasteiger partial charge in [-0.2, -0.15) is 15.8 Å². The molecule has 0 bridgehead atoms. The molecule has 3 rings (SSSR count). The molecular formula is C17H7N5O2S2. The van der Waals surface area contributed by atoms with Crippen molar-refractivity contribution >= 4 is 29.5 Å². The molecule has 1 aliphatic rings. The predicted octanol–water partition coefficient (Wildman–Crippen LogP) is 2.90. The molecule has 0 radical (unpaired) electrons. The number of carbonyl (C=O) groups excluding carboxylic acids is 1. The third-order valence-electron chi connectivity index (χ3n) is 3.16. The molecule has 124 valence electrons. The van der Waals surface area contributed by atoms with Crippen molar-refractivity contribution in [2.75, 3.05) is 0 Å². The quantitative estimate of drug-likeness (QED) is 0.451. The van der Waals surface area contributed by atoms with Crippen molar-refractivity contribution < 1.29 is 9.53 Å². The molecule has 2 heterocycles. The number of nitriles is 3. The average molecular weight is 377 g/mol. The Balaban J connectivity index is 1.82. The van der Waals surface area contributed by atoms with Gasteiger partial charge >= 0.3 is 5.97 Å². The highest BCUT2D eigenvalue weighted by molar-refractivity contribution is 8.24. The molecule has 1 aliphatic heterocycles. The Morgan fingerprint density at radius 1 is 1.00 bits per heavy atom. The fourth-order valence-corrected chi connectivity index (χ4v) is 4.21. The van der Waals surface area contributed by atoms with Gasteiger partial charge in [-0.1, -0.05) is 53.9 Å². The summed E-state index contributed by atoms with van der Waals surface area (Å²) in [5.41, 5.74) is 0.461. The van der Waals surface area contributed by atoms with Crippen molar-refractivity contribution in [2.45, 2.75) is 16.7 Å². The molecule has 0 saturated carbocycles. The Labute approximate surface area is 156 Å². The van der Waals surface area contributed by atoms with E-state index >= 15 is 0 Å². The number of aromatic nitrogens is 2. The summed E-state index contributed by atoms with van der Waals surface area (Å²) < 4.78 is 5.55. The first-order valence-corrected chi connectivity index (χ1v) is 8.73. The number of esters is 1. The number of ether oxygens (including phenoxy) is 1. The molecule has 0 saturated heterocycles. The second kappa shape index (κ2) is 7.71. The number of benzene rings is 1. The van der Waals surface area contributed by atoms with Gasteiger partial charge in [0.15, 0.2) is 17.0 Å². The highest BCUT2D eigenvalue weighted by Gasteiger charge is 2.29. The van der Waals surface area contributed by atoms with Crippen molar-refractivity contribution in [2.24, 2.45) is 0 Å². The van der Waals surface area contributed by atoms with Gasteiger partial charge in [-0.25, -0.2) is 14.8 Å². The maximum atomic E-state index is 12.3. The highest BCUT2D eigenvalue weighted by atomic mass is 32.2. The maximum Gasteiger partial charge on any atom is 0.350 e. The fourth-order valence-electron chi connectivity index (χ4n) is 1.96. The number of hydrogen-bond acceptors (Lipinski definition) is 9. The van der Waals surface area contributed by atoms with E-state index in [-0.39, 0.29) is 23.6 Å². The van der Waals surface area contributed by atoms with Crippen LogP contribution in [0, 0.1) is 34.0 Å². The van der Waals surface area contributed by atoms with Crippen LogP contribution in [0.15, 0.2) is 50.2 Å². The summed E-state index contributed by atoms with van der Waals surface area (Å²) >= 11 is 2.11. The van der Waals surface area contributed by atoms with Crippen LogP contribution in [0.1, 0.15) is 17.0 Å². The second-order valence-electron chi connectivity index (χ2n) is 4.79. The minimum atomic E-state index is -0.750.